The number of hydrogen-bond donors (Lipinski definition) is 0. The maximum atomic E-state index is 6.55. The van der Waals surface area contributed by atoms with E-state index in [2.05, 4.69) is 143 Å². The van der Waals surface area contributed by atoms with E-state index in [9.17, 15) is 0 Å². The molecule has 0 bridgehead atoms. The van der Waals surface area contributed by atoms with Crippen LogP contribution >= 0.6 is 11.3 Å². The Bertz CT molecular complexity index is 3520. The van der Waals surface area contributed by atoms with Crippen molar-refractivity contribution in [3.8, 4) is 67.4 Å². The number of benzene rings is 6. The third-order valence-electron chi connectivity index (χ3n) is 11.4. The van der Waals surface area contributed by atoms with Crippen molar-refractivity contribution >= 4 is 64.4 Å². The van der Waals surface area contributed by atoms with E-state index in [-0.39, 0.29) is 0 Å². The van der Waals surface area contributed by atoms with Gasteiger partial charge in [-0.05, 0) is 70.8 Å². The fourth-order valence-electron chi connectivity index (χ4n) is 8.54. The highest BCUT2D eigenvalue weighted by Crippen LogP contribution is 2.46. The molecule has 0 aliphatic carbocycles. The molecule has 0 N–H and O–H groups in total. The molecule has 0 radical (unpaired) electrons. The first-order valence-corrected chi connectivity index (χ1v) is 20.8. The molecule has 60 heavy (non-hydrogen) atoms. The second-order valence-corrected chi connectivity index (χ2v) is 16.0. The van der Waals surface area contributed by atoms with Crippen molar-refractivity contribution in [2.45, 2.75) is 0 Å². The van der Waals surface area contributed by atoms with Crippen molar-refractivity contribution in [3.05, 3.63) is 194 Å². The van der Waals surface area contributed by atoms with Crippen LogP contribution in [0.15, 0.2) is 199 Å². The first-order chi connectivity index (χ1) is 29.7. The highest BCUT2D eigenvalue weighted by atomic mass is 32.1. The van der Waals surface area contributed by atoms with Crippen molar-refractivity contribution in [2.24, 2.45) is 0 Å². The molecule has 0 amide bonds. The molecule has 6 aromatic carbocycles. The fraction of sp³-hybridized carbons (Fsp3) is 0. The minimum Gasteiger partial charge on any atom is -0.455 e. The number of thiophene rings is 1. The van der Waals surface area contributed by atoms with Gasteiger partial charge in [-0.3, -0.25) is 9.97 Å². The molecule has 0 atom stereocenters. The Balaban J connectivity index is 0.955. The van der Waals surface area contributed by atoms with Gasteiger partial charge >= 0.3 is 0 Å². The van der Waals surface area contributed by atoms with Gasteiger partial charge in [0.1, 0.15) is 11.2 Å². The molecule has 6 heteroatoms. The van der Waals surface area contributed by atoms with E-state index in [1.165, 1.54) is 20.2 Å². The predicted molar refractivity (Wildman–Crippen MR) is 248 cm³/mol. The van der Waals surface area contributed by atoms with Crippen LogP contribution in [0, 0.1) is 0 Å². The summed E-state index contributed by atoms with van der Waals surface area (Å²) in [7, 11) is 0. The largest absolute Gasteiger partial charge is 0.455 e. The average molecular weight is 785 g/mol. The van der Waals surface area contributed by atoms with Crippen LogP contribution in [0.3, 0.4) is 0 Å². The quantitative estimate of drug-likeness (QED) is 0.168. The van der Waals surface area contributed by atoms with Crippen LogP contribution in [0.1, 0.15) is 0 Å². The summed E-state index contributed by atoms with van der Waals surface area (Å²) in [5.41, 5.74) is 14.6. The zero-order valence-electron chi connectivity index (χ0n) is 32.1. The predicted octanol–water partition coefficient (Wildman–Crippen LogP) is 14.7. The van der Waals surface area contributed by atoms with Crippen LogP contribution in [0.5, 0.6) is 0 Å². The van der Waals surface area contributed by atoms with Crippen molar-refractivity contribution in [1.82, 2.24) is 19.9 Å². The van der Waals surface area contributed by atoms with Crippen LogP contribution < -0.4 is 0 Å². The summed E-state index contributed by atoms with van der Waals surface area (Å²) in [6.07, 6.45) is 3.60. The van der Waals surface area contributed by atoms with E-state index >= 15 is 0 Å². The van der Waals surface area contributed by atoms with E-state index in [1.54, 1.807) is 12.4 Å². The van der Waals surface area contributed by atoms with Gasteiger partial charge in [0.25, 0.3) is 0 Å². The number of furan rings is 1. The third kappa shape index (κ3) is 5.69. The van der Waals surface area contributed by atoms with Gasteiger partial charge in [0.15, 0.2) is 0 Å². The highest BCUT2D eigenvalue weighted by Gasteiger charge is 2.20. The third-order valence-corrected chi connectivity index (χ3v) is 12.6. The molecule has 0 aliphatic heterocycles. The minimum absolute atomic E-state index is 0.808. The van der Waals surface area contributed by atoms with E-state index in [0.717, 1.165) is 100 Å². The molecule has 0 saturated heterocycles. The van der Waals surface area contributed by atoms with Gasteiger partial charge < -0.3 is 4.42 Å². The molecular weight excluding hydrogens is 753 g/mol. The monoisotopic (exact) mass is 784 g/mol. The number of aromatic nitrogens is 4. The summed E-state index contributed by atoms with van der Waals surface area (Å²) < 4.78 is 8.98. The van der Waals surface area contributed by atoms with Crippen LogP contribution in [0.25, 0.3) is 120 Å². The minimum atomic E-state index is 0.808. The smallest absolute Gasteiger partial charge is 0.143 e. The zero-order chi connectivity index (χ0) is 39.6. The fourth-order valence-corrected chi connectivity index (χ4v) is 9.77. The number of nitrogens with zero attached hydrogens (tertiary/aromatic N) is 4. The topological polar surface area (TPSA) is 64.7 Å². The summed E-state index contributed by atoms with van der Waals surface area (Å²) in [6.45, 7) is 0. The van der Waals surface area contributed by atoms with Gasteiger partial charge in [-0.15, -0.1) is 11.3 Å². The molecule has 0 aliphatic rings. The first-order valence-electron chi connectivity index (χ1n) is 19.9. The maximum absolute atomic E-state index is 6.55. The summed E-state index contributed by atoms with van der Waals surface area (Å²) in [6, 6.07) is 63.5. The van der Waals surface area contributed by atoms with Gasteiger partial charge in [0.2, 0.25) is 0 Å². The Kier molecular flexibility index (Phi) is 7.96. The summed E-state index contributed by atoms with van der Waals surface area (Å²) >= 11 is 1.81. The van der Waals surface area contributed by atoms with Crippen LogP contribution in [-0.4, -0.2) is 19.9 Å². The molecular formula is C54H32N4OS. The Labute approximate surface area is 348 Å². The molecule has 0 saturated carbocycles. The van der Waals surface area contributed by atoms with E-state index in [1.807, 2.05) is 59.9 Å². The van der Waals surface area contributed by atoms with Gasteiger partial charge in [-0.1, -0.05) is 133 Å². The second-order valence-electron chi connectivity index (χ2n) is 15.0. The van der Waals surface area contributed by atoms with E-state index < -0.39 is 0 Å². The van der Waals surface area contributed by atoms with Gasteiger partial charge in [0.05, 0.1) is 38.7 Å². The SMILES string of the molecule is c1ccc(-c2cc(-c3ccc(-c4ccc(-c5nc6c(-c7cccc8c7oc7ccccc78)cccc6c6c5sc5ccccc56)cc4)cc3)cc(-c3ccccn3)n2)nc1. The van der Waals surface area contributed by atoms with Crippen LogP contribution in [-0.2, 0) is 0 Å². The van der Waals surface area contributed by atoms with Crippen molar-refractivity contribution < 1.29 is 4.42 Å². The zero-order valence-corrected chi connectivity index (χ0v) is 32.9. The molecule has 0 unspecified atom stereocenters. The van der Waals surface area contributed by atoms with Gasteiger partial charge in [-0.25, -0.2) is 9.97 Å². The van der Waals surface area contributed by atoms with Crippen LogP contribution in [0.2, 0.25) is 0 Å². The number of para-hydroxylation sites is 3. The highest BCUT2D eigenvalue weighted by molar-refractivity contribution is 7.26. The molecule has 0 fully saturated rings. The van der Waals surface area contributed by atoms with Gasteiger partial charge in [-0.2, -0.15) is 0 Å². The lowest BCUT2D eigenvalue weighted by molar-refractivity contribution is 0.670. The Hall–Kier alpha value is -7.80. The number of rotatable bonds is 6. The molecule has 5 nitrogen and oxygen atoms in total. The first kappa shape index (κ1) is 34.3. The number of pyridine rings is 4. The number of fused-ring (bicyclic) bond motifs is 8. The lowest BCUT2D eigenvalue weighted by atomic mass is 9.95. The standard InChI is InChI=1S/C54H32N4OS/c1-3-19-48-38(11-1)40-14-10-15-41(53(40)59-48)39-13-9-16-43-50-42-12-2-4-20-49(42)60-54(50)51(58-52(39)43)36-27-25-34(26-28-36)33-21-23-35(24-22-33)37-31-46(44-17-5-7-29-55-44)57-47(32-37)45-18-6-8-30-56-45/h1-32H. The average Bonchev–Trinajstić information content (AvgIpc) is 3.91. The summed E-state index contributed by atoms with van der Waals surface area (Å²) in [5, 5.41) is 5.85. The molecule has 12 rings (SSSR count). The molecule has 280 valence electrons. The summed E-state index contributed by atoms with van der Waals surface area (Å²) in [5.74, 6) is 0. The van der Waals surface area contributed by atoms with Crippen LogP contribution in [0.4, 0.5) is 0 Å². The van der Waals surface area contributed by atoms with E-state index in [4.69, 9.17) is 14.4 Å². The second kappa shape index (κ2) is 13.9. The molecule has 6 heterocycles. The molecule has 12 aromatic rings. The van der Waals surface area contributed by atoms with Gasteiger partial charge in [0, 0.05) is 60.7 Å². The Morgan fingerprint density at radius 2 is 0.967 bits per heavy atom. The van der Waals surface area contributed by atoms with Crippen molar-refractivity contribution in [1.29, 1.82) is 0 Å². The summed E-state index contributed by atoms with van der Waals surface area (Å²) in [4.78, 5) is 19.7. The lowest BCUT2D eigenvalue weighted by Crippen LogP contribution is -1.94. The normalized spacial score (nSPS) is 11.7. The molecule has 0 spiro atoms. The van der Waals surface area contributed by atoms with Crippen molar-refractivity contribution in [3.63, 3.8) is 0 Å². The Morgan fingerprint density at radius 1 is 0.400 bits per heavy atom. The van der Waals surface area contributed by atoms with Crippen molar-refractivity contribution in [2.75, 3.05) is 0 Å². The lowest BCUT2D eigenvalue weighted by Gasteiger charge is -2.12. The maximum Gasteiger partial charge on any atom is 0.143 e. The number of hydrogen-bond acceptors (Lipinski definition) is 6. The molecule has 6 aromatic heterocycles. The van der Waals surface area contributed by atoms with E-state index in [0.29, 0.717) is 0 Å². The Morgan fingerprint density at radius 3 is 1.65 bits per heavy atom.